The fraction of sp³-hybridized carbons (Fsp3) is 0.400. The normalized spacial score (nSPS) is 22.8. The lowest BCUT2D eigenvalue weighted by Crippen LogP contribution is -2.35. The van der Waals surface area contributed by atoms with Crippen LogP contribution in [0.1, 0.15) is 37.8 Å². The molecule has 0 aliphatic carbocycles. The lowest BCUT2D eigenvalue weighted by atomic mass is 9.94. The number of nitrogens with one attached hydrogen (secondary N) is 4. The van der Waals surface area contributed by atoms with Crippen LogP contribution in [0.15, 0.2) is 36.4 Å². The first-order chi connectivity index (χ1) is 19.3. The Kier molecular flexibility index (Phi) is 7.06. The van der Waals surface area contributed by atoms with Crippen molar-refractivity contribution in [1.82, 2.24) is 20.6 Å². The Bertz CT molecular complexity index is 1480. The first-order valence-electron chi connectivity index (χ1n) is 13.7. The molecule has 0 spiro atoms. The molecule has 2 aromatic heterocycles. The lowest BCUT2D eigenvalue weighted by molar-refractivity contribution is -0.147. The summed E-state index contributed by atoms with van der Waals surface area (Å²) in [6.45, 7) is 4.25. The van der Waals surface area contributed by atoms with Gasteiger partial charge in [-0.2, -0.15) is 0 Å². The van der Waals surface area contributed by atoms with E-state index in [1.807, 2.05) is 0 Å². The number of halogens is 2. The van der Waals surface area contributed by atoms with Crippen LogP contribution in [0.3, 0.4) is 0 Å². The van der Waals surface area contributed by atoms with Crippen molar-refractivity contribution in [2.45, 2.75) is 63.8 Å². The van der Waals surface area contributed by atoms with Crippen LogP contribution in [0, 0.1) is 11.6 Å². The van der Waals surface area contributed by atoms with E-state index < -0.39 is 0 Å². The number of hydrogen-bond donors (Lipinski definition) is 4. The van der Waals surface area contributed by atoms with E-state index in [1.165, 1.54) is 38.1 Å². The summed E-state index contributed by atoms with van der Waals surface area (Å²) in [5, 5.41) is 8.63. The van der Waals surface area contributed by atoms with Gasteiger partial charge in [-0.1, -0.05) is 0 Å². The molecule has 2 fully saturated rings. The first-order valence-corrected chi connectivity index (χ1v) is 13.7. The molecule has 40 heavy (non-hydrogen) atoms. The zero-order valence-electron chi connectivity index (χ0n) is 22.4. The second kappa shape index (κ2) is 10.7. The minimum absolute atomic E-state index is 0.123. The summed E-state index contributed by atoms with van der Waals surface area (Å²) < 4.78 is 39.8. The molecule has 2 aromatic carbocycles. The average molecular weight is 551 g/mol. The fourth-order valence-corrected chi connectivity index (χ4v) is 6.35. The van der Waals surface area contributed by atoms with Gasteiger partial charge in [0, 0.05) is 47.7 Å². The molecule has 4 heterocycles. The highest BCUT2D eigenvalue weighted by molar-refractivity contribution is 5.96. The maximum Gasteiger partial charge on any atom is 0.302 e. The molecule has 8 nitrogen and oxygen atoms in total. The van der Waals surface area contributed by atoms with Gasteiger partial charge in [0.1, 0.15) is 23.8 Å². The van der Waals surface area contributed by atoms with E-state index in [9.17, 15) is 18.4 Å². The number of aromatic amines is 2. The Labute approximate surface area is 229 Å². The van der Waals surface area contributed by atoms with Crippen LogP contribution in [0.25, 0.3) is 33.2 Å². The quantitative estimate of drug-likeness (QED) is 0.256. The second-order valence-corrected chi connectivity index (χ2v) is 10.7. The zero-order valence-corrected chi connectivity index (χ0v) is 22.4. The van der Waals surface area contributed by atoms with Gasteiger partial charge < -0.3 is 30.1 Å². The molecule has 2 aliphatic rings. The number of fused-ring (bicyclic) bond motifs is 2. The summed E-state index contributed by atoms with van der Waals surface area (Å²) in [4.78, 5) is 30.3. The van der Waals surface area contributed by atoms with Crippen molar-refractivity contribution in [3.63, 3.8) is 0 Å². The van der Waals surface area contributed by atoms with Crippen LogP contribution in [0.4, 0.5) is 8.78 Å². The van der Waals surface area contributed by atoms with Crippen LogP contribution in [-0.2, 0) is 31.9 Å². The van der Waals surface area contributed by atoms with Crippen LogP contribution in [-0.4, -0.2) is 59.3 Å². The number of aromatic nitrogens is 2. The van der Waals surface area contributed by atoms with Crippen molar-refractivity contribution in [3.8, 4) is 11.4 Å². The Morgan fingerprint density at radius 3 is 1.57 bits per heavy atom. The number of esters is 2. The van der Waals surface area contributed by atoms with E-state index in [4.69, 9.17) is 9.47 Å². The van der Waals surface area contributed by atoms with Crippen LogP contribution >= 0.6 is 0 Å². The van der Waals surface area contributed by atoms with Gasteiger partial charge in [0.25, 0.3) is 0 Å². The molecule has 4 aromatic rings. The first kappa shape index (κ1) is 26.5. The summed E-state index contributed by atoms with van der Waals surface area (Å²) >= 11 is 0. The fourth-order valence-electron chi connectivity index (χ4n) is 6.35. The third-order valence-corrected chi connectivity index (χ3v) is 8.04. The van der Waals surface area contributed by atoms with Gasteiger partial charge in [-0.3, -0.25) is 9.59 Å². The number of benzene rings is 2. The molecule has 4 N–H and O–H groups in total. The number of hydrogen-bond acceptors (Lipinski definition) is 6. The summed E-state index contributed by atoms with van der Waals surface area (Å²) in [6.07, 6.45) is 1.91. The van der Waals surface area contributed by atoms with Crippen molar-refractivity contribution in [2.75, 3.05) is 13.1 Å². The van der Waals surface area contributed by atoms with E-state index in [1.54, 1.807) is 12.1 Å². The molecule has 2 aliphatic heterocycles. The summed E-state index contributed by atoms with van der Waals surface area (Å²) in [7, 11) is 0. The van der Waals surface area contributed by atoms with Crippen LogP contribution in [0.2, 0.25) is 0 Å². The van der Waals surface area contributed by atoms with Gasteiger partial charge in [0.15, 0.2) is 0 Å². The highest BCUT2D eigenvalue weighted by Crippen LogP contribution is 2.38. The number of carbonyl (C=O) groups is 2. The van der Waals surface area contributed by atoms with E-state index in [2.05, 4.69) is 20.6 Å². The maximum absolute atomic E-state index is 14.3. The summed E-state index contributed by atoms with van der Waals surface area (Å²) in [5.41, 5.74) is 4.69. The molecule has 0 amide bonds. The van der Waals surface area contributed by atoms with E-state index in [0.29, 0.717) is 36.7 Å². The third-order valence-electron chi connectivity index (χ3n) is 8.04. The van der Waals surface area contributed by atoms with Crippen LogP contribution < -0.4 is 10.6 Å². The number of H-pyrrole nitrogens is 2. The van der Waals surface area contributed by atoms with E-state index in [-0.39, 0.29) is 47.9 Å². The smallest absolute Gasteiger partial charge is 0.302 e. The zero-order chi connectivity index (χ0) is 28.0. The Morgan fingerprint density at radius 2 is 1.18 bits per heavy atom. The largest absolute Gasteiger partial charge is 0.461 e. The van der Waals surface area contributed by atoms with E-state index in [0.717, 1.165) is 46.4 Å². The SMILES string of the molecule is CC(=O)O[C@H]1CCN[C@@H]1Cc1c(-c2[nH]c3cc(F)ccc3c2C[C@H]2NCC[C@@H]2OC(C)=O)[nH]c2cc(F)ccc12. The van der Waals surface area contributed by atoms with Crippen molar-refractivity contribution < 1.29 is 27.8 Å². The van der Waals surface area contributed by atoms with Gasteiger partial charge in [-0.05, 0) is 86.3 Å². The summed E-state index contributed by atoms with van der Waals surface area (Å²) in [6, 6.07) is 9.06. The molecule has 0 saturated carbocycles. The Morgan fingerprint density at radius 1 is 0.750 bits per heavy atom. The van der Waals surface area contributed by atoms with Crippen molar-refractivity contribution in [2.24, 2.45) is 0 Å². The number of ether oxygens (including phenoxy) is 2. The topological polar surface area (TPSA) is 108 Å². The Hall–Kier alpha value is -3.76. The molecule has 6 rings (SSSR count). The van der Waals surface area contributed by atoms with E-state index >= 15 is 0 Å². The Balaban J connectivity index is 1.48. The number of rotatable bonds is 7. The molecule has 4 atom stereocenters. The molecule has 0 radical (unpaired) electrons. The second-order valence-electron chi connectivity index (χ2n) is 10.7. The van der Waals surface area contributed by atoms with Gasteiger partial charge in [0.2, 0.25) is 0 Å². The standard InChI is InChI=1S/C30H32F2N4O4/c1-15(37)39-27-7-9-33-25(27)13-21-19-5-3-17(31)11-23(19)35-29(21)30-22(20-6-4-18(32)12-24(20)36-30)14-26-28(8-10-34-26)40-16(2)38/h3-6,11-12,25-28,33-36H,7-10,13-14H2,1-2H3/t25-,26-,27+,28+/m1/s1. The predicted molar refractivity (Wildman–Crippen MR) is 147 cm³/mol. The van der Waals surface area contributed by atoms with Gasteiger partial charge in [0.05, 0.1) is 11.4 Å². The third kappa shape index (κ3) is 5.09. The number of carbonyl (C=O) groups excluding carboxylic acids is 2. The maximum atomic E-state index is 14.3. The monoisotopic (exact) mass is 550 g/mol. The highest BCUT2D eigenvalue weighted by Gasteiger charge is 2.34. The van der Waals surface area contributed by atoms with Crippen LogP contribution in [0.5, 0.6) is 0 Å². The predicted octanol–water partition coefficient (Wildman–Crippen LogP) is 4.27. The molecule has 2 saturated heterocycles. The van der Waals surface area contributed by atoms with Gasteiger partial charge in [-0.25, -0.2) is 8.78 Å². The van der Waals surface area contributed by atoms with Gasteiger partial charge in [-0.15, -0.1) is 0 Å². The minimum Gasteiger partial charge on any atom is -0.461 e. The molecule has 10 heteroatoms. The average Bonchev–Trinajstić information content (AvgIpc) is 3.66. The molecular weight excluding hydrogens is 518 g/mol. The highest BCUT2D eigenvalue weighted by atomic mass is 19.1. The molecule has 0 bridgehead atoms. The molecule has 0 unspecified atom stereocenters. The lowest BCUT2D eigenvalue weighted by Gasteiger charge is -2.21. The molecule has 210 valence electrons. The van der Waals surface area contributed by atoms with Crippen molar-refractivity contribution in [1.29, 1.82) is 0 Å². The van der Waals surface area contributed by atoms with Crippen molar-refractivity contribution in [3.05, 3.63) is 59.2 Å². The van der Waals surface area contributed by atoms with Crippen molar-refractivity contribution >= 4 is 33.7 Å². The summed E-state index contributed by atoms with van der Waals surface area (Å²) in [5.74, 6) is -1.37. The molecular formula is C30H32F2N4O4. The minimum atomic E-state index is -0.359. The van der Waals surface area contributed by atoms with Gasteiger partial charge >= 0.3 is 11.9 Å².